The molecule has 2 aromatic heterocycles. The smallest absolute Gasteiger partial charge is 0.263 e. The lowest BCUT2D eigenvalue weighted by molar-refractivity contribution is 0.0947. The molecular formula is C19H23N3O4. The number of anilines is 1. The molecule has 1 N–H and O–H groups in total. The summed E-state index contributed by atoms with van der Waals surface area (Å²) in [7, 11) is 1.52. The monoisotopic (exact) mass is 357 g/mol. The minimum Gasteiger partial charge on any atom is -0.481 e. The molecule has 1 aliphatic rings. The molecule has 3 rings (SSSR count). The Labute approximate surface area is 152 Å². The van der Waals surface area contributed by atoms with Gasteiger partial charge in [-0.2, -0.15) is 0 Å². The zero-order valence-corrected chi connectivity index (χ0v) is 15.2. The van der Waals surface area contributed by atoms with E-state index in [2.05, 4.69) is 10.3 Å². The van der Waals surface area contributed by atoms with Crippen LogP contribution in [0.15, 0.2) is 29.2 Å². The van der Waals surface area contributed by atoms with E-state index in [-0.39, 0.29) is 17.2 Å². The fourth-order valence-corrected chi connectivity index (χ4v) is 3.19. The van der Waals surface area contributed by atoms with Crippen LogP contribution in [-0.4, -0.2) is 35.3 Å². The van der Waals surface area contributed by atoms with Crippen LogP contribution in [-0.2, 0) is 11.3 Å². The van der Waals surface area contributed by atoms with Crippen LogP contribution in [0.3, 0.4) is 0 Å². The van der Waals surface area contributed by atoms with Crippen molar-refractivity contribution in [2.24, 2.45) is 0 Å². The molecule has 7 nitrogen and oxygen atoms in total. The molecule has 0 bridgehead atoms. The molecule has 138 valence electrons. The molecule has 0 radical (unpaired) electrons. The van der Waals surface area contributed by atoms with Crippen LogP contribution < -0.4 is 15.6 Å². The first-order chi connectivity index (χ1) is 12.5. The molecule has 7 heteroatoms. The molecule has 0 saturated carbocycles. The van der Waals surface area contributed by atoms with Gasteiger partial charge in [0.2, 0.25) is 5.88 Å². The standard InChI is InChI=1S/C19H23N3O4/c1-12-9-13(2)22(11-15-5-4-8-26-15)19(24)17(12)18(23)21-14-6-7-16(25-3)20-10-14/h6-7,9-10,15H,4-5,8,11H2,1-3H3,(H,21,23)/t15-/m1/s1. The highest BCUT2D eigenvalue weighted by molar-refractivity contribution is 6.04. The maximum Gasteiger partial charge on any atom is 0.263 e. The van der Waals surface area contributed by atoms with Crippen molar-refractivity contribution in [1.29, 1.82) is 0 Å². The number of ether oxygens (including phenoxy) is 2. The Balaban J connectivity index is 1.87. The van der Waals surface area contributed by atoms with E-state index < -0.39 is 5.91 Å². The zero-order valence-electron chi connectivity index (χ0n) is 15.2. The van der Waals surface area contributed by atoms with Gasteiger partial charge in [-0.25, -0.2) is 4.98 Å². The second kappa shape index (κ2) is 7.70. The molecule has 1 saturated heterocycles. The van der Waals surface area contributed by atoms with Crippen molar-refractivity contribution in [1.82, 2.24) is 9.55 Å². The average Bonchev–Trinajstić information content (AvgIpc) is 3.12. The van der Waals surface area contributed by atoms with E-state index in [1.54, 1.807) is 23.6 Å². The van der Waals surface area contributed by atoms with Gasteiger partial charge < -0.3 is 19.4 Å². The zero-order chi connectivity index (χ0) is 18.7. The van der Waals surface area contributed by atoms with E-state index in [1.165, 1.54) is 13.3 Å². The largest absolute Gasteiger partial charge is 0.481 e. The number of pyridine rings is 2. The van der Waals surface area contributed by atoms with Crippen LogP contribution >= 0.6 is 0 Å². The molecule has 1 amide bonds. The number of aromatic nitrogens is 2. The van der Waals surface area contributed by atoms with Crippen LogP contribution in [0.2, 0.25) is 0 Å². The summed E-state index contributed by atoms with van der Waals surface area (Å²) in [5.41, 5.74) is 1.82. The highest BCUT2D eigenvalue weighted by Crippen LogP contribution is 2.16. The van der Waals surface area contributed by atoms with Crippen LogP contribution in [0.25, 0.3) is 0 Å². The van der Waals surface area contributed by atoms with E-state index in [1.807, 2.05) is 13.0 Å². The second-order valence-electron chi connectivity index (χ2n) is 6.44. The average molecular weight is 357 g/mol. The van der Waals surface area contributed by atoms with Gasteiger partial charge in [0.1, 0.15) is 5.56 Å². The Morgan fingerprint density at radius 2 is 2.23 bits per heavy atom. The predicted molar refractivity (Wildman–Crippen MR) is 97.9 cm³/mol. The molecule has 1 atom stereocenters. The normalized spacial score (nSPS) is 16.5. The highest BCUT2D eigenvalue weighted by Gasteiger charge is 2.22. The van der Waals surface area contributed by atoms with Gasteiger partial charge in [0.25, 0.3) is 11.5 Å². The quantitative estimate of drug-likeness (QED) is 0.888. The number of nitrogens with zero attached hydrogens (tertiary/aromatic N) is 2. The Kier molecular flexibility index (Phi) is 5.37. The first-order valence-electron chi connectivity index (χ1n) is 8.63. The lowest BCUT2D eigenvalue weighted by Crippen LogP contribution is -2.34. The Morgan fingerprint density at radius 1 is 1.42 bits per heavy atom. The Hall–Kier alpha value is -2.67. The van der Waals surface area contributed by atoms with E-state index >= 15 is 0 Å². The molecule has 1 fully saturated rings. The summed E-state index contributed by atoms with van der Waals surface area (Å²) < 4.78 is 12.3. The summed E-state index contributed by atoms with van der Waals surface area (Å²) in [4.78, 5) is 29.7. The maximum absolute atomic E-state index is 12.9. The van der Waals surface area contributed by atoms with Crippen molar-refractivity contribution in [3.63, 3.8) is 0 Å². The minimum atomic E-state index is -0.444. The van der Waals surface area contributed by atoms with Crippen molar-refractivity contribution >= 4 is 11.6 Å². The summed E-state index contributed by atoms with van der Waals surface area (Å²) in [5, 5.41) is 2.73. The number of hydrogen-bond acceptors (Lipinski definition) is 5. The van der Waals surface area contributed by atoms with Crippen LogP contribution in [0, 0.1) is 13.8 Å². The summed E-state index contributed by atoms with van der Waals surface area (Å²) >= 11 is 0. The van der Waals surface area contributed by atoms with Gasteiger partial charge >= 0.3 is 0 Å². The Bertz CT molecular complexity index is 852. The van der Waals surface area contributed by atoms with Crippen LogP contribution in [0.5, 0.6) is 5.88 Å². The van der Waals surface area contributed by atoms with Crippen LogP contribution in [0.4, 0.5) is 5.69 Å². The first-order valence-corrected chi connectivity index (χ1v) is 8.63. The van der Waals surface area contributed by atoms with Gasteiger partial charge in [-0.05, 0) is 44.4 Å². The summed E-state index contributed by atoms with van der Waals surface area (Å²) in [6, 6.07) is 5.18. The maximum atomic E-state index is 12.9. The van der Waals surface area contributed by atoms with E-state index in [4.69, 9.17) is 9.47 Å². The van der Waals surface area contributed by atoms with Crippen molar-refractivity contribution in [2.45, 2.75) is 39.3 Å². The fraction of sp³-hybridized carbons (Fsp3) is 0.421. The molecule has 0 unspecified atom stereocenters. The highest BCUT2D eigenvalue weighted by atomic mass is 16.5. The molecule has 26 heavy (non-hydrogen) atoms. The topological polar surface area (TPSA) is 82.5 Å². The van der Waals surface area contributed by atoms with Gasteiger partial charge in [0.05, 0.1) is 31.6 Å². The minimum absolute atomic E-state index is 0.0239. The lowest BCUT2D eigenvalue weighted by atomic mass is 10.1. The lowest BCUT2D eigenvalue weighted by Gasteiger charge is -2.17. The van der Waals surface area contributed by atoms with Crippen molar-refractivity contribution in [2.75, 3.05) is 19.0 Å². The molecule has 0 aromatic carbocycles. The number of hydrogen-bond donors (Lipinski definition) is 1. The first kappa shape index (κ1) is 18.1. The second-order valence-corrected chi connectivity index (χ2v) is 6.44. The molecule has 0 spiro atoms. The SMILES string of the molecule is COc1ccc(NC(=O)c2c(C)cc(C)n(C[C@H]3CCCO3)c2=O)cn1. The molecule has 1 aliphatic heterocycles. The van der Waals surface area contributed by atoms with Gasteiger partial charge in [0.15, 0.2) is 0 Å². The molecule has 3 heterocycles. The van der Waals surface area contributed by atoms with E-state index in [9.17, 15) is 9.59 Å². The molecule has 0 aliphatic carbocycles. The predicted octanol–water partition coefficient (Wildman–Crippen LogP) is 2.30. The van der Waals surface area contributed by atoms with Crippen molar-refractivity contribution in [3.05, 3.63) is 51.6 Å². The molecular weight excluding hydrogens is 334 g/mol. The van der Waals surface area contributed by atoms with E-state index in [0.717, 1.165) is 25.1 Å². The number of rotatable bonds is 5. The number of amides is 1. The summed E-state index contributed by atoms with van der Waals surface area (Å²) in [5.74, 6) is 0.00833. The number of carbonyl (C=O) groups is 1. The number of methoxy groups -OCH3 is 1. The van der Waals surface area contributed by atoms with Crippen LogP contribution in [0.1, 0.15) is 34.5 Å². The Morgan fingerprint density at radius 3 is 2.85 bits per heavy atom. The van der Waals surface area contributed by atoms with Crippen molar-refractivity contribution in [3.8, 4) is 5.88 Å². The third-order valence-corrected chi connectivity index (χ3v) is 4.55. The van der Waals surface area contributed by atoms with Gasteiger partial charge in [0, 0.05) is 18.4 Å². The van der Waals surface area contributed by atoms with Gasteiger partial charge in [-0.3, -0.25) is 9.59 Å². The number of nitrogens with one attached hydrogen (secondary N) is 1. The summed E-state index contributed by atoms with van der Waals surface area (Å²) in [6.07, 6.45) is 3.45. The molecule has 2 aromatic rings. The van der Waals surface area contributed by atoms with E-state index in [0.29, 0.717) is 23.7 Å². The number of aryl methyl sites for hydroxylation is 2. The third-order valence-electron chi connectivity index (χ3n) is 4.55. The third kappa shape index (κ3) is 3.77. The van der Waals surface area contributed by atoms with Gasteiger partial charge in [-0.1, -0.05) is 0 Å². The van der Waals surface area contributed by atoms with Crippen molar-refractivity contribution < 1.29 is 14.3 Å². The van der Waals surface area contributed by atoms with Gasteiger partial charge in [-0.15, -0.1) is 0 Å². The summed E-state index contributed by atoms with van der Waals surface area (Å²) in [6.45, 7) is 4.84. The number of carbonyl (C=O) groups excluding carboxylic acids is 1. The fourth-order valence-electron chi connectivity index (χ4n) is 3.19.